The Morgan fingerprint density at radius 1 is 1.64 bits per heavy atom. The number of nitrogens with zero attached hydrogens (tertiary/aromatic N) is 1. The summed E-state index contributed by atoms with van der Waals surface area (Å²) in [7, 11) is 1.62. The third-order valence-electron chi connectivity index (χ3n) is 0.467. The quantitative estimate of drug-likeness (QED) is 0.349. The molecule has 0 unspecified atom stereocenters. The van der Waals surface area contributed by atoms with E-state index in [0.717, 1.165) is 0 Å². The largest absolute Gasteiger partial charge is 0.384 e. The lowest BCUT2D eigenvalue weighted by atomic mass is 10.6. The van der Waals surface area contributed by atoms with Crippen molar-refractivity contribution in [3.8, 4) is 12.3 Å². The van der Waals surface area contributed by atoms with Crippen LogP contribution in [0.4, 0.5) is 0 Å². The number of aliphatic imine (C=N–C) groups is 1. The highest BCUT2D eigenvalue weighted by atomic mass is 14.8. The highest BCUT2D eigenvalue weighted by molar-refractivity contribution is 5.90. The van der Waals surface area contributed by atoms with Crippen LogP contribution in [0.25, 0.3) is 0 Å². The molecule has 0 rings (SSSR count). The van der Waals surface area contributed by atoms with Crippen molar-refractivity contribution in [2.75, 3.05) is 7.05 Å². The Bertz CT molecular complexity index is 129. The Morgan fingerprint density at radius 3 is 1.91 bits per heavy atom. The molecule has 0 bridgehead atoms. The zero-order valence-electron chi connectivity index (χ0n) is 7.89. The van der Waals surface area contributed by atoms with Crippen LogP contribution in [0.1, 0.15) is 20.8 Å². The minimum Gasteiger partial charge on any atom is -0.384 e. The van der Waals surface area contributed by atoms with Crippen molar-refractivity contribution in [1.29, 1.82) is 0 Å². The summed E-state index contributed by atoms with van der Waals surface area (Å²) in [6.45, 7) is 9.03. The van der Waals surface area contributed by atoms with E-state index in [-0.39, 0.29) is 0 Å². The maximum absolute atomic E-state index is 5.10. The third kappa shape index (κ3) is 52.4. The summed E-state index contributed by atoms with van der Waals surface area (Å²) in [6, 6.07) is 0. The van der Waals surface area contributed by atoms with Gasteiger partial charge in [0.15, 0.2) is 0 Å². The predicted molar refractivity (Wildman–Crippen MR) is 53.6 cm³/mol. The van der Waals surface area contributed by atoms with Gasteiger partial charge in [0, 0.05) is 7.05 Å². The molecule has 0 aliphatic carbocycles. The molecule has 0 aliphatic heterocycles. The maximum Gasteiger partial charge on any atom is 0.117 e. The van der Waals surface area contributed by atoms with Crippen LogP contribution in [0.2, 0.25) is 0 Å². The topological polar surface area (TPSA) is 38.4 Å². The van der Waals surface area contributed by atoms with Gasteiger partial charge in [-0.15, -0.1) is 12.3 Å². The lowest BCUT2D eigenvalue weighted by Crippen LogP contribution is -2.05. The monoisotopic (exact) mass is 154 g/mol. The molecule has 0 atom stereocenters. The summed E-state index contributed by atoms with van der Waals surface area (Å²) >= 11 is 0. The molecule has 0 aliphatic rings. The SMILES string of the molecule is C#CC.C=CC(N)=NC.CC. The first-order chi connectivity index (χ1) is 5.22. The number of hydrogen-bond acceptors (Lipinski definition) is 1. The average Bonchev–Trinajstić information content (AvgIpc) is 2.08. The van der Waals surface area contributed by atoms with Crippen LogP contribution in [0.3, 0.4) is 0 Å². The van der Waals surface area contributed by atoms with Gasteiger partial charge in [0.1, 0.15) is 5.84 Å². The third-order valence-corrected chi connectivity index (χ3v) is 0.467. The molecule has 64 valence electrons. The molecule has 0 heterocycles. The Morgan fingerprint density at radius 2 is 1.91 bits per heavy atom. The van der Waals surface area contributed by atoms with Crippen molar-refractivity contribution in [2.24, 2.45) is 10.7 Å². The van der Waals surface area contributed by atoms with Gasteiger partial charge in [-0.1, -0.05) is 20.4 Å². The Labute approximate surface area is 70.2 Å². The van der Waals surface area contributed by atoms with Crippen molar-refractivity contribution < 1.29 is 0 Å². The molecule has 2 N–H and O–H groups in total. The lowest BCUT2D eigenvalue weighted by molar-refractivity contribution is 1.41. The molecule has 0 saturated heterocycles. The van der Waals surface area contributed by atoms with E-state index in [0.29, 0.717) is 5.84 Å². The molecule has 0 spiro atoms. The molecule has 0 aromatic rings. The van der Waals surface area contributed by atoms with E-state index < -0.39 is 0 Å². The number of rotatable bonds is 1. The van der Waals surface area contributed by atoms with E-state index >= 15 is 0 Å². The smallest absolute Gasteiger partial charge is 0.117 e. The van der Waals surface area contributed by atoms with Crippen molar-refractivity contribution in [1.82, 2.24) is 0 Å². The first kappa shape index (κ1) is 16.4. The highest BCUT2D eigenvalue weighted by Crippen LogP contribution is 1.60. The first-order valence-corrected chi connectivity index (χ1v) is 3.45. The van der Waals surface area contributed by atoms with Crippen molar-refractivity contribution in [2.45, 2.75) is 20.8 Å². The van der Waals surface area contributed by atoms with Crippen LogP contribution >= 0.6 is 0 Å². The van der Waals surface area contributed by atoms with Crippen LogP contribution in [-0.2, 0) is 0 Å². The van der Waals surface area contributed by atoms with E-state index in [1.807, 2.05) is 13.8 Å². The van der Waals surface area contributed by atoms with E-state index in [1.165, 1.54) is 6.08 Å². The number of amidine groups is 1. The Hall–Kier alpha value is -1.23. The standard InChI is InChI=1S/C4H8N2.C3H4.C2H6/c1-3-4(5)6-2;1-3-2;1-2/h3H,1H2,2H3,(H2,5,6);1H,2H3;1-2H3. The minimum atomic E-state index is 0.481. The second-order valence-corrected chi connectivity index (χ2v) is 1.14. The van der Waals surface area contributed by atoms with Gasteiger partial charge in [-0.2, -0.15) is 0 Å². The van der Waals surface area contributed by atoms with Gasteiger partial charge in [-0.25, -0.2) is 0 Å². The number of hydrogen-bond donors (Lipinski definition) is 1. The van der Waals surface area contributed by atoms with Gasteiger partial charge in [0.2, 0.25) is 0 Å². The van der Waals surface area contributed by atoms with Crippen molar-refractivity contribution in [3.05, 3.63) is 12.7 Å². The minimum absolute atomic E-state index is 0.481. The fraction of sp³-hybridized carbons (Fsp3) is 0.444. The predicted octanol–water partition coefficient (Wildman–Crippen LogP) is 1.83. The van der Waals surface area contributed by atoms with E-state index in [1.54, 1.807) is 14.0 Å². The van der Waals surface area contributed by atoms with Crippen LogP contribution < -0.4 is 5.73 Å². The second-order valence-electron chi connectivity index (χ2n) is 1.14. The Kier molecular flexibility index (Phi) is 34.7. The molecule has 2 nitrogen and oxygen atoms in total. The van der Waals surface area contributed by atoms with Gasteiger partial charge in [-0.05, 0) is 13.0 Å². The summed E-state index contributed by atoms with van der Waals surface area (Å²) in [4.78, 5) is 3.58. The fourth-order valence-corrected chi connectivity index (χ4v) is 0.0913. The van der Waals surface area contributed by atoms with E-state index in [2.05, 4.69) is 23.9 Å². The van der Waals surface area contributed by atoms with Crippen molar-refractivity contribution >= 4 is 5.84 Å². The first-order valence-electron chi connectivity index (χ1n) is 3.45. The van der Waals surface area contributed by atoms with E-state index in [4.69, 9.17) is 5.73 Å². The van der Waals surface area contributed by atoms with Crippen LogP contribution in [-0.4, -0.2) is 12.9 Å². The van der Waals surface area contributed by atoms with Gasteiger partial charge in [-0.3, -0.25) is 4.99 Å². The second kappa shape index (κ2) is 23.3. The van der Waals surface area contributed by atoms with Gasteiger partial charge in [0.05, 0.1) is 0 Å². The molecule has 0 aromatic heterocycles. The normalized spacial score (nSPS) is 7.36. The van der Waals surface area contributed by atoms with Crippen LogP contribution in [0.5, 0.6) is 0 Å². The molecule has 0 radical (unpaired) electrons. The molecule has 0 saturated carbocycles. The number of terminal acetylenes is 1. The highest BCUT2D eigenvalue weighted by Gasteiger charge is 1.68. The Balaban J connectivity index is -0.000000109. The average molecular weight is 154 g/mol. The fourth-order valence-electron chi connectivity index (χ4n) is 0.0913. The summed E-state index contributed by atoms with van der Waals surface area (Å²) in [6.07, 6.45) is 6.10. The van der Waals surface area contributed by atoms with Gasteiger partial charge >= 0.3 is 0 Å². The summed E-state index contributed by atoms with van der Waals surface area (Å²) in [5, 5.41) is 0. The van der Waals surface area contributed by atoms with Crippen LogP contribution in [0.15, 0.2) is 17.6 Å². The van der Waals surface area contributed by atoms with Crippen LogP contribution in [0, 0.1) is 12.3 Å². The maximum atomic E-state index is 5.10. The van der Waals surface area contributed by atoms with Gasteiger partial charge in [0.25, 0.3) is 0 Å². The molecule has 11 heavy (non-hydrogen) atoms. The lowest BCUT2D eigenvalue weighted by Gasteiger charge is -1.79. The molecule has 0 amide bonds. The number of nitrogens with two attached hydrogens (primary N) is 1. The summed E-state index contributed by atoms with van der Waals surface area (Å²) in [5.74, 6) is 2.73. The zero-order valence-corrected chi connectivity index (χ0v) is 7.89. The molecule has 2 heteroatoms. The van der Waals surface area contributed by atoms with Gasteiger partial charge < -0.3 is 5.73 Å². The molecule has 0 aromatic carbocycles. The summed E-state index contributed by atoms with van der Waals surface area (Å²) < 4.78 is 0. The zero-order chi connectivity index (χ0) is 9.70. The summed E-state index contributed by atoms with van der Waals surface area (Å²) in [5.41, 5.74) is 5.10. The molecular weight excluding hydrogens is 136 g/mol. The van der Waals surface area contributed by atoms with E-state index in [9.17, 15) is 0 Å². The molecule has 0 fully saturated rings. The van der Waals surface area contributed by atoms with Crippen molar-refractivity contribution in [3.63, 3.8) is 0 Å². The molecular formula is C9H18N2.